The first-order valence-electron chi connectivity index (χ1n) is 5.26. The van der Waals surface area contributed by atoms with Crippen molar-refractivity contribution in [2.75, 3.05) is 13.1 Å². The van der Waals surface area contributed by atoms with Gasteiger partial charge in [-0.15, -0.1) is 0 Å². The van der Waals surface area contributed by atoms with Gasteiger partial charge in [-0.25, -0.2) is 0 Å². The van der Waals surface area contributed by atoms with Crippen LogP contribution in [0.1, 0.15) is 26.2 Å². The molecule has 5 nitrogen and oxygen atoms in total. The standard InChI is InChI=1S/C10H18N2O3/c1-7(10(11)15)2-3-9(14)12-5-4-8(13)6-12/h7-8,13H,2-6H2,1H3,(H2,11,15)/t7?,8-/m0/s1. The molecule has 2 atom stereocenters. The highest BCUT2D eigenvalue weighted by atomic mass is 16.3. The maximum absolute atomic E-state index is 11.6. The fourth-order valence-electron chi connectivity index (χ4n) is 1.61. The van der Waals surface area contributed by atoms with E-state index in [9.17, 15) is 14.7 Å². The van der Waals surface area contributed by atoms with Crippen molar-refractivity contribution in [2.45, 2.75) is 32.3 Å². The molecule has 15 heavy (non-hydrogen) atoms. The average Bonchev–Trinajstić information content (AvgIpc) is 2.60. The zero-order valence-corrected chi connectivity index (χ0v) is 8.98. The van der Waals surface area contributed by atoms with E-state index in [1.165, 1.54) is 0 Å². The highest BCUT2D eigenvalue weighted by Gasteiger charge is 2.24. The Morgan fingerprint density at radius 3 is 2.73 bits per heavy atom. The second-order valence-electron chi connectivity index (χ2n) is 4.12. The molecule has 1 saturated heterocycles. The SMILES string of the molecule is CC(CCC(=O)N1CC[C@H](O)C1)C(N)=O. The van der Waals surface area contributed by atoms with Crippen molar-refractivity contribution in [1.82, 2.24) is 4.90 Å². The number of β-amino-alcohol motifs (C(OH)–C–C–N with tert-alkyl or cyclic N) is 1. The van der Waals surface area contributed by atoms with Crippen LogP contribution < -0.4 is 5.73 Å². The highest BCUT2D eigenvalue weighted by molar-refractivity contribution is 5.79. The van der Waals surface area contributed by atoms with Crippen LogP contribution in [0.25, 0.3) is 0 Å². The number of nitrogens with zero attached hydrogens (tertiary/aromatic N) is 1. The van der Waals surface area contributed by atoms with Crippen molar-refractivity contribution < 1.29 is 14.7 Å². The minimum absolute atomic E-state index is 0.000324. The van der Waals surface area contributed by atoms with Gasteiger partial charge in [-0.05, 0) is 12.8 Å². The van der Waals surface area contributed by atoms with Gasteiger partial charge in [0.25, 0.3) is 0 Å². The molecule has 1 heterocycles. The van der Waals surface area contributed by atoms with Gasteiger partial charge in [-0.3, -0.25) is 9.59 Å². The summed E-state index contributed by atoms with van der Waals surface area (Å²) < 4.78 is 0. The van der Waals surface area contributed by atoms with Gasteiger partial charge in [0.15, 0.2) is 0 Å². The Balaban J connectivity index is 2.27. The molecule has 1 unspecified atom stereocenters. The van der Waals surface area contributed by atoms with Crippen molar-refractivity contribution in [3.63, 3.8) is 0 Å². The monoisotopic (exact) mass is 214 g/mol. The van der Waals surface area contributed by atoms with E-state index in [1.807, 2.05) is 0 Å². The number of hydrogen-bond donors (Lipinski definition) is 2. The largest absolute Gasteiger partial charge is 0.391 e. The number of aliphatic hydroxyl groups is 1. The normalized spacial score (nSPS) is 22.8. The first-order chi connectivity index (χ1) is 7.00. The lowest BCUT2D eigenvalue weighted by Gasteiger charge is -2.16. The highest BCUT2D eigenvalue weighted by Crippen LogP contribution is 2.13. The van der Waals surface area contributed by atoms with Gasteiger partial charge in [0, 0.05) is 25.4 Å². The van der Waals surface area contributed by atoms with E-state index in [1.54, 1.807) is 11.8 Å². The molecule has 3 N–H and O–H groups in total. The molecular weight excluding hydrogens is 196 g/mol. The zero-order valence-electron chi connectivity index (χ0n) is 8.98. The zero-order chi connectivity index (χ0) is 11.4. The van der Waals surface area contributed by atoms with Gasteiger partial charge in [-0.2, -0.15) is 0 Å². The molecule has 1 aliphatic rings. The maximum Gasteiger partial charge on any atom is 0.222 e. The predicted octanol–water partition coefficient (Wildman–Crippen LogP) is -0.519. The van der Waals surface area contributed by atoms with Crippen molar-refractivity contribution in [2.24, 2.45) is 11.7 Å². The van der Waals surface area contributed by atoms with E-state index in [0.29, 0.717) is 32.4 Å². The molecule has 1 fully saturated rings. The quantitative estimate of drug-likeness (QED) is 0.660. The minimum Gasteiger partial charge on any atom is -0.391 e. The van der Waals surface area contributed by atoms with E-state index in [2.05, 4.69) is 0 Å². The molecule has 2 amide bonds. The molecule has 0 aromatic carbocycles. The summed E-state index contributed by atoms with van der Waals surface area (Å²) in [6.07, 6.45) is 1.08. The van der Waals surface area contributed by atoms with Crippen LogP contribution in [0.5, 0.6) is 0 Å². The van der Waals surface area contributed by atoms with Gasteiger partial charge in [0.05, 0.1) is 6.10 Å². The fraction of sp³-hybridized carbons (Fsp3) is 0.800. The van der Waals surface area contributed by atoms with Crippen LogP contribution in [0.3, 0.4) is 0 Å². The molecule has 0 aliphatic carbocycles. The molecule has 1 rings (SSSR count). The number of nitrogens with two attached hydrogens (primary N) is 1. The van der Waals surface area contributed by atoms with Crippen LogP contribution in [-0.2, 0) is 9.59 Å². The van der Waals surface area contributed by atoms with Crippen LogP contribution in [0.4, 0.5) is 0 Å². The number of aliphatic hydroxyl groups excluding tert-OH is 1. The lowest BCUT2D eigenvalue weighted by Crippen LogP contribution is -2.30. The Hall–Kier alpha value is -1.10. The number of rotatable bonds is 4. The van der Waals surface area contributed by atoms with Crippen LogP contribution in [0, 0.1) is 5.92 Å². The number of carbonyl (C=O) groups is 2. The molecule has 0 spiro atoms. The van der Waals surface area contributed by atoms with E-state index in [-0.39, 0.29) is 23.8 Å². The van der Waals surface area contributed by atoms with Gasteiger partial charge in [0.2, 0.25) is 11.8 Å². The van der Waals surface area contributed by atoms with Crippen LogP contribution >= 0.6 is 0 Å². The van der Waals surface area contributed by atoms with Gasteiger partial charge < -0.3 is 15.7 Å². The maximum atomic E-state index is 11.6. The Morgan fingerprint density at radius 1 is 1.60 bits per heavy atom. The molecular formula is C10H18N2O3. The third-order valence-corrected chi connectivity index (χ3v) is 2.79. The van der Waals surface area contributed by atoms with E-state index in [4.69, 9.17) is 5.73 Å². The van der Waals surface area contributed by atoms with Crippen molar-refractivity contribution >= 4 is 11.8 Å². The summed E-state index contributed by atoms with van der Waals surface area (Å²) in [4.78, 5) is 24.0. The van der Waals surface area contributed by atoms with E-state index in [0.717, 1.165) is 0 Å². The van der Waals surface area contributed by atoms with Crippen molar-refractivity contribution in [1.29, 1.82) is 0 Å². The topological polar surface area (TPSA) is 83.6 Å². The number of carbonyl (C=O) groups excluding carboxylic acids is 2. The molecule has 86 valence electrons. The second-order valence-corrected chi connectivity index (χ2v) is 4.12. The molecule has 5 heteroatoms. The number of primary amides is 1. The Bertz CT molecular complexity index is 255. The Morgan fingerprint density at radius 2 is 2.27 bits per heavy atom. The average molecular weight is 214 g/mol. The Labute approximate surface area is 89.2 Å². The molecule has 0 bridgehead atoms. The summed E-state index contributed by atoms with van der Waals surface area (Å²) in [5.41, 5.74) is 5.09. The molecule has 0 saturated carbocycles. The van der Waals surface area contributed by atoms with Crippen LogP contribution in [0.15, 0.2) is 0 Å². The summed E-state index contributed by atoms with van der Waals surface area (Å²) in [6.45, 7) is 2.75. The molecule has 0 radical (unpaired) electrons. The summed E-state index contributed by atoms with van der Waals surface area (Å²) in [6, 6.07) is 0. The third-order valence-electron chi connectivity index (χ3n) is 2.79. The summed E-state index contributed by atoms with van der Waals surface area (Å²) in [5, 5.41) is 9.25. The van der Waals surface area contributed by atoms with Crippen molar-refractivity contribution in [3.8, 4) is 0 Å². The third kappa shape index (κ3) is 3.51. The van der Waals surface area contributed by atoms with E-state index < -0.39 is 0 Å². The lowest BCUT2D eigenvalue weighted by atomic mass is 10.0. The summed E-state index contributed by atoms with van der Waals surface area (Å²) in [5.74, 6) is -0.634. The fourth-order valence-corrected chi connectivity index (χ4v) is 1.61. The summed E-state index contributed by atoms with van der Waals surface area (Å²) in [7, 11) is 0. The first-order valence-corrected chi connectivity index (χ1v) is 5.26. The number of hydrogen-bond acceptors (Lipinski definition) is 3. The number of likely N-dealkylation sites (tertiary alicyclic amines) is 1. The first kappa shape index (κ1) is 12.0. The molecule has 1 aliphatic heterocycles. The summed E-state index contributed by atoms with van der Waals surface area (Å²) >= 11 is 0. The Kier molecular flexibility index (Phi) is 4.08. The number of amides is 2. The molecule has 0 aromatic heterocycles. The minimum atomic E-state index is -0.387. The molecule has 0 aromatic rings. The van der Waals surface area contributed by atoms with Crippen LogP contribution in [0.2, 0.25) is 0 Å². The predicted molar refractivity (Wildman–Crippen MR) is 54.8 cm³/mol. The van der Waals surface area contributed by atoms with Gasteiger partial charge in [-0.1, -0.05) is 6.92 Å². The van der Waals surface area contributed by atoms with Gasteiger partial charge in [0.1, 0.15) is 0 Å². The van der Waals surface area contributed by atoms with Gasteiger partial charge >= 0.3 is 0 Å². The lowest BCUT2D eigenvalue weighted by molar-refractivity contribution is -0.131. The second kappa shape index (κ2) is 5.11. The van der Waals surface area contributed by atoms with Crippen molar-refractivity contribution in [3.05, 3.63) is 0 Å². The smallest absolute Gasteiger partial charge is 0.222 e. The van der Waals surface area contributed by atoms with Crippen LogP contribution in [-0.4, -0.2) is 41.0 Å². The van der Waals surface area contributed by atoms with E-state index >= 15 is 0 Å².